The van der Waals surface area contributed by atoms with Crippen molar-refractivity contribution >= 4 is 18.3 Å². The number of para-hydroxylation sites is 1. The van der Waals surface area contributed by atoms with E-state index in [9.17, 15) is 4.79 Å². The molecule has 1 heterocycles. The molecule has 1 fully saturated rings. The lowest BCUT2D eigenvalue weighted by atomic mass is 10.1. The molecule has 1 aromatic carbocycles. The molecule has 1 aliphatic rings. The first kappa shape index (κ1) is 17.8. The number of aryl methyl sites for hydroxylation is 1. The fourth-order valence-electron chi connectivity index (χ4n) is 2.49. The number of nitrogens with zero attached hydrogens (tertiary/aromatic N) is 1. The van der Waals surface area contributed by atoms with Crippen molar-refractivity contribution in [3.05, 3.63) is 29.8 Å². The average Bonchev–Trinajstić information content (AvgIpc) is 2.46. The maximum Gasteiger partial charge on any atom is 0.263 e. The number of ether oxygens (including phenoxy) is 1. The van der Waals surface area contributed by atoms with E-state index >= 15 is 0 Å². The summed E-state index contributed by atoms with van der Waals surface area (Å²) in [6, 6.07) is 8.18. The Kier molecular flexibility index (Phi) is 6.99. The lowest BCUT2D eigenvalue weighted by Crippen LogP contribution is -2.54. The minimum absolute atomic E-state index is 0. The molecular weight excluding hydrogens is 288 g/mol. The van der Waals surface area contributed by atoms with Crippen LogP contribution < -0.4 is 10.1 Å². The Labute approximate surface area is 133 Å². The van der Waals surface area contributed by atoms with Crippen molar-refractivity contribution in [1.29, 1.82) is 0 Å². The molecule has 2 atom stereocenters. The minimum atomic E-state index is -0.388. The third kappa shape index (κ3) is 4.61. The molecule has 0 radical (unpaired) electrons. The zero-order chi connectivity index (χ0) is 14.5. The Bertz CT molecular complexity index is 467. The summed E-state index contributed by atoms with van der Waals surface area (Å²) < 4.78 is 5.93. The zero-order valence-corrected chi connectivity index (χ0v) is 13.8. The molecule has 1 saturated heterocycles. The molecule has 21 heavy (non-hydrogen) atoms. The molecule has 0 saturated carbocycles. The molecule has 0 spiro atoms. The van der Waals surface area contributed by atoms with E-state index in [2.05, 4.69) is 12.2 Å². The van der Waals surface area contributed by atoms with Gasteiger partial charge in [0.25, 0.3) is 5.91 Å². The second-order valence-electron chi connectivity index (χ2n) is 5.42. The number of carbonyl (C=O) groups excluding carboxylic acids is 1. The number of nitrogens with one attached hydrogen (secondary N) is 1. The Morgan fingerprint density at radius 1 is 1.48 bits per heavy atom. The number of halogens is 1. The number of hydrogen-bond donors (Lipinski definition) is 1. The van der Waals surface area contributed by atoms with Gasteiger partial charge in [0.2, 0.25) is 0 Å². The average molecular weight is 313 g/mol. The SMILES string of the molecule is CCC(Oc1ccccc1C)C(=O)N1CCNC(C)C1.Cl. The van der Waals surface area contributed by atoms with Gasteiger partial charge >= 0.3 is 0 Å². The van der Waals surface area contributed by atoms with Crippen LogP contribution >= 0.6 is 12.4 Å². The lowest BCUT2D eigenvalue weighted by molar-refractivity contribution is -0.140. The van der Waals surface area contributed by atoms with E-state index in [0.717, 1.165) is 30.9 Å². The highest BCUT2D eigenvalue weighted by Crippen LogP contribution is 2.20. The molecular formula is C16H25ClN2O2. The van der Waals surface area contributed by atoms with Crippen molar-refractivity contribution in [1.82, 2.24) is 10.2 Å². The van der Waals surface area contributed by atoms with Crippen LogP contribution in [0.1, 0.15) is 25.8 Å². The van der Waals surface area contributed by atoms with Crippen LogP contribution in [-0.2, 0) is 4.79 Å². The van der Waals surface area contributed by atoms with Crippen molar-refractivity contribution in [2.24, 2.45) is 0 Å². The van der Waals surface area contributed by atoms with Gasteiger partial charge in [0, 0.05) is 25.7 Å². The Morgan fingerprint density at radius 3 is 2.81 bits per heavy atom. The standard InChI is InChI=1S/C16H24N2O2.ClH/c1-4-14(20-15-8-6-5-7-12(15)2)16(19)18-10-9-17-13(3)11-18;/h5-8,13-14,17H,4,9-11H2,1-3H3;1H. The van der Waals surface area contributed by atoms with Gasteiger partial charge in [0.15, 0.2) is 6.10 Å². The van der Waals surface area contributed by atoms with Gasteiger partial charge in [-0.2, -0.15) is 0 Å². The van der Waals surface area contributed by atoms with Crippen molar-refractivity contribution < 1.29 is 9.53 Å². The Morgan fingerprint density at radius 2 is 2.19 bits per heavy atom. The van der Waals surface area contributed by atoms with Crippen LogP contribution in [0.3, 0.4) is 0 Å². The lowest BCUT2D eigenvalue weighted by Gasteiger charge is -2.34. The van der Waals surface area contributed by atoms with E-state index in [1.807, 2.05) is 43.0 Å². The maximum atomic E-state index is 12.6. The van der Waals surface area contributed by atoms with Crippen LogP contribution in [0.15, 0.2) is 24.3 Å². The molecule has 1 aliphatic heterocycles. The summed E-state index contributed by atoms with van der Waals surface area (Å²) in [7, 11) is 0. The molecule has 2 rings (SSSR count). The normalized spacial score (nSPS) is 19.6. The minimum Gasteiger partial charge on any atom is -0.480 e. The third-order valence-corrected chi connectivity index (χ3v) is 3.69. The summed E-state index contributed by atoms with van der Waals surface area (Å²) in [4.78, 5) is 14.5. The third-order valence-electron chi connectivity index (χ3n) is 3.69. The van der Waals surface area contributed by atoms with E-state index in [-0.39, 0.29) is 24.4 Å². The summed E-state index contributed by atoms with van der Waals surface area (Å²) in [6.45, 7) is 8.46. The first-order chi connectivity index (χ1) is 9.61. The molecule has 0 aromatic heterocycles. The maximum absolute atomic E-state index is 12.6. The summed E-state index contributed by atoms with van der Waals surface area (Å²) in [5.74, 6) is 0.903. The fraction of sp³-hybridized carbons (Fsp3) is 0.562. The van der Waals surface area contributed by atoms with Crippen LogP contribution in [-0.4, -0.2) is 42.6 Å². The first-order valence-corrected chi connectivity index (χ1v) is 7.36. The van der Waals surface area contributed by atoms with E-state index in [0.29, 0.717) is 12.5 Å². The van der Waals surface area contributed by atoms with Crippen LogP contribution in [0.4, 0.5) is 0 Å². The van der Waals surface area contributed by atoms with Crippen molar-refractivity contribution in [3.8, 4) is 5.75 Å². The highest BCUT2D eigenvalue weighted by molar-refractivity contribution is 5.85. The van der Waals surface area contributed by atoms with Gasteiger partial charge in [-0.3, -0.25) is 4.79 Å². The van der Waals surface area contributed by atoms with Gasteiger partial charge in [-0.1, -0.05) is 25.1 Å². The first-order valence-electron chi connectivity index (χ1n) is 7.36. The topological polar surface area (TPSA) is 41.6 Å². The van der Waals surface area contributed by atoms with Gasteiger partial charge in [-0.25, -0.2) is 0 Å². The van der Waals surface area contributed by atoms with Crippen molar-refractivity contribution in [2.75, 3.05) is 19.6 Å². The van der Waals surface area contributed by atoms with Gasteiger partial charge in [-0.05, 0) is 31.9 Å². The summed E-state index contributed by atoms with van der Waals surface area (Å²) in [5.41, 5.74) is 1.06. The number of carbonyl (C=O) groups is 1. The molecule has 4 nitrogen and oxygen atoms in total. The number of rotatable bonds is 4. The quantitative estimate of drug-likeness (QED) is 0.928. The van der Waals surface area contributed by atoms with Crippen LogP contribution in [0.5, 0.6) is 5.75 Å². The smallest absolute Gasteiger partial charge is 0.263 e. The fourth-order valence-corrected chi connectivity index (χ4v) is 2.49. The molecule has 1 N–H and O–H groups in total. The molecule has 118 valence electrons. The Balaban J connectivity index is 0.00000220. The summed E-state index contributed by atoms with van der Waals surface area (Å²) in [5, 5.41) is 3.35. The number of piperazine rings is 1. The predicted octanol–water partition coefficient (Wildman–Crippen LogP) is 2.39. The van der Waals surface area contributed by atoms with E-state index in [1.165, 1.54) is 0 Å². The highest BCUT2D eigenvalue weighted by atomic mass is 35.5. The second-order valence-corrected chi connectivity index (χ2v) is 5.42. The molecule has 1 aromatic rings. The second kappa shape index (κ2) is 8.25. The molecule has 5 heteroatoms. The van der Waals surface area contributed by atoms with E-state index < -0.39 is 0 Å². The van der Waals surface area contributed by atoms with Gasteiger partial charge in [0.05, 0.1) is 0 Å². The number of benzene rings is 1. The van der Waals surface area contributed by atoms with E-state index in [1.54, 1.807) is 0 Å². The van der Waals surface area contributed by atoms with E-state index in [4.69, 9.17) is 4.74 Å². The van der Waals surface area contributed by atoms with Gasteiger partial charge in [-0.15, -0.1) is 12.4 Å². The largest absolute Gasteiger partial charge is 0.480 e. The van der Waals surface area contributed by atoms with Crippen molar-refractivity contribution in [3.63, 3.8) is 0 Å². The van der Waals surface area contributed by atoms with Gasteiger partial charge < -0.3 is 15.0 Å². The predicted molar refractivity (Wildman–Crippen MR) is 87.2 cm³/mol. The molecule has 1 amide bonds. The molecule has 2 unspecified atom stereocenters. The monoisotopic (exact) mass is 312 g/mol. The van der Waals surface area contributed by atoms with Crippen LogP contribution in [0, 0.1) is 6.92 Å². The number of amides is 1. The van der Waals surface area contributed by atoms with Gasteiger partial charge in [0.1, 0.15) is 5.75 Å². The summed E-state index contributed by atoms with van der Waals surface area (Å²) in [6.07, 6.45) is 0.298. The van der Waals surface area contributed by atoms with Crippen LogP contribution in [0.2, 0.25) is 0 Å². The summed E-state index contributed by atoms with van der Waals surface area (Å²) >= 11 is 0. The Hall–Kier alpha value is -1.26. The zero-order valence-electron chi connectivity index (χ0n) is 13.0. The molecule has 0 aliphatic carbocycles. The number of hydrogen-bond acceptors (Lipinski definition) is 3. The van der Waals surface area contributed by atoms with Crippen molar-refractivity contribution in [2.45, 2.75) is 39.3 Å². The van der Waals surface area contributed by atoms with Crippen LogP contribution in [0.25, 0.3) is 0 Å². The highest BCUT2D eigenvalue weighted by Gasteiger charge is 2.27. The molecule has 0 bridgehead atoms.